The van der Waals surface area contributed by atoms with E-state index in [1.807, 2.05) is 23.9 Å². The number of hydrogen-bond acceptors (Lipinski definition) is 2. The lowest BCUT2D eigenvalue weighted by Gasteiger charge is -2.17. The van der Waals surface area contributed by atoms with Gasteiger partial charge in [0.2, 0.25) is 0 Å². The fourth-order valence-corrected chi connectivity index (χ4v) is 1.99. The van der Waals surface area contributed by atoms with Crippen LogP contribution in [0.1, 0.15) is 25.5 Å². The molecule has 0 aliphatic heterocycles. The second-order valence-corrected chi connectivity index (χ2v) is 5.98. The van der Waals surface area contributed by atoms with Gasteiger partial charge in [0.05, 0.1) is 4.47 Å². The van der Waals surface area contributed by atoms with Gasteiger partial charge < -0.3 is 5.32 Å². The molecule has 0 amide bonds. The Labute approximate surface area is 109 Å². The van der Waals surface area contributed by atoms with Gasteiger partial charge in [-0.15, -0.1) is 0 Å². The molecular formula is C12H17BrFNS. The minimum atomic E-state index is -0.214. The molecule has 0 unspecified atom stereocenters. The molecule has 16 heavy (non-hydrogen) atoms. The molecule has 0 fully saturated rings. The first kappa shape index (κ1) is 14.0. The monoisotopic (exact) mass is 305 g/mol. The molecule has 2 atom stereocenters. The van der Waals surface area contributed by atoms with Crippen molar-refractivity contribution in [1.82, 2.24) is 5.32 Å². The molecule has 0 radical (unpaired) electrons. The Balaban J connectivity index is 2.59. The first-order valence-corrected chi connectivity index (χ1v) is 7.33. The molecule has 90 valence electrons. The van der Waals surface area contributed by atoms with Crippen molar-refractivity contribution in [1.29, 1.82) is 0 Å². The lowest BCUT2D eigenvalue weighted by Crippen LogP contribution is -2.25. The normalized spacial score (nSPS) is 14.8. The summed E-state index contributed by atoms with van der Waals surface area (Å²) < 4.78 is 13.6. The van der Waals surface area contributed by atoms with E-state index < -0.39 is 0 Å². The zero-order valence-corrected chi connectivity index (χ0v) is 12.2. The van der Waals surface area contributed by atoms with Gasteiger partial charge in [-0.25, -0.2) is 4.39 Å². The van der Waals surface area contributed by atoms with Crippen LogP contribution in [-0.4, -0.2) is 18.1 Å². The molecule has 0 saturated heterocycles. The van der Waals surface area contributed by atoms with Gasteiger partial charge in [0, 0.05) is 17.8 Å². The Hall–Kier alpha value is -0.0600. The summed E-state index contributed by atoms with van der Waals surface area (Å²) in [4.78, 5) is 0. The summed E-state index contributed by atoms with van der Waals surface area (Å²) in [6, 6.07) is 5.39. The summed E-state index contributed by atoms with van der Waals surface area (Å²) >= 11 is 5.04. The number of nitrogens with one attached hydrogen (secondary N) is 1. The molecule has 1 nitrogen and oxygen atoms in total. The molecule has 0 aliphatic carbocycles. The summed E-state index contributed by atoms with van der Waals surface area (Å²) in [7, 11) is 0. The van der Waals surface area contributed by atoms with Crippen molar-refractivity contribution in [2.75, 3.05) is 12.8 Å². The minimum absolute atomic E-state index is 0.214. The van der Waals surface area contributed by atoms with E-state index in [1.165, 1.54) is 6.07 Å². The molecule has 1 N–H and O–H groups in total. The van der Waals surface area contributed by atoms with E-state index in [0.717, 1.165) is 12.1 Å². The molecule has 1 aromatic rings. The highest BCUT2D eigenvalue weighted by Gasteiger charge is 2.08. The van der Waals surface area contributed by atoms with Crippen LogP contribution in [0.2, 0.25) is 0 Å². The predicted octanol–water partition coefficient (Wildman–Crippen LogP) is 3.99. The van der Waals surface area contributed by atoms with Crippen molar-refractivity contribution < 1.29 is 4.39 Å². The summed E-state index contributed by atoms with van der Waals surface area (Å²) in [5.74, 6) is -0.214. The SMILES string of the molecule is CS[C@H](C)CN[C@H](C)c1ccc(F)c(Br)c1. The second kappa shape index (κ2) is 6.62. The van der Waals surface area contributed by atoms with Crippen LogP contribution >= 0.6 is 27.7 Å². The van der Waals surface area contributed by atoms with Crippen LogP contribution < -0.4 is 5.32 Å². The minimum Gasteiger partial charge on any atom is -0.309 e. The quantitative estimate of drug-likeness (QED) is 0.883. The third kappa shape index (κ3) is 4.07. The molecule has 0 aliphatic rings. The fraction of sp³-hybridized carbons (Fsp3) is 0.500. The average Bonchev–Trinajstić information content (AvgIpc) is 2.29. The van der Waals surface area contributed by atoms with E-state index >= 15 is 0 Å². The zero-order chi connectivity index (χ0) is 12.1. The highest BCUT2D eigenvalue weighted by atomic mass is 79.9. The van der Waals surface area contributed by atoms with Crippen LogP contribution in [0.3, 0.4) is 0 Å². The Morgan fingerprint density at radius 2 is 2.12 bits per heavy atom. The van der Waals surface area contributed by atoms with Gasteiger partial charge >= 0.3 is 0 Å². The van der Waals surface area contributed by atoms with Gasteiger partial charge in [-0.2, -0.15) is 11.8 Å². The summed E-state index contributed by atoms with van der Waals surface area (Å²) in [5, 5.41) is 4.02. The van der Waals surface area contributed by atoms with E-state index in [0.29, 0.717) is 9.72 Å². The first-order chi connectivity index (χ1) is 7.54. The molecule has 4 heteroatoms. The van der Waals surface area contributed by atoms with Crippen molar-refractivity contribution in [3.05, 3.63) is 34.1 Å². The number of hydrogen-bond donors (Lipinski definition) is 1. The summed E-state index contributed by atoms with van der Waals surface area (Å²) in [5.41, 5.74) is 1.10. The van der Waals surface area contributed by atoms with Crippen molar-refractivity contribution in [2.45, 2.75) is 25.1 Å². The maximum absolute atomic E-state index is 13.1. The van der Waals surface area contributed by atoms with Crippen LogP contribution in [-0.2, 0) is 0 Å². The lowest BCUT2D eigenvalue weighted by atomic mass is 10.1. The number of halogens is 2. The Bertz CT molecular complexity index is 346. The molecule has 0 saturated carbocycles. The highest BCUT2D eigenvalue weighted by molar-refractivity contribution is 9.10. The number of benzene rings is 1. The molecular weight excluding hydrogens is 289 g/mol. The summed E-state index contributed by atoms with van der Waals surface area (Å²) in [6.45, 7) is 5.23. The Morgan fingerprint density at radius 1 is 1.44 bits per heavy atom. The van der Waals surface area contributed by atoms with Gasteiger partial charge in [0.15, 0.2) is 0 Å². The first-order valence-electron chi connectivity index (χ1n) is 5.25. The molecule has 1 aromatic carbocycles. The molecule has 0 heterocycles. The highest BCUT2D eigenvalue weighted by Crippen LogP contribution is 2.21. The molecule has 1 rings (SSSR count). The smallest absolute Gasteiger partial charge is 0.137 e. The van der Waals surface area contributed by atoms with Crippen LogP contribution in [0.5, 0.6) is 0 Å². The van der Waals surface area contributed by atoms with Gasteiger partial charge in [-0.1, -0.05) is 13.0 Å². The maximum atomic E-state index is 13.1. The number of rotatable bonds is 5. The van der Waals surface area contributed by atoms with E-state index in [4.69, 9.17) is 0 Å². The molecule has 0 spiro atoms. The second-order valence-electron chi connectivity index (χ2n) is 3.85. The van der Waals surface area contributed by atoms with E-state index in [2.05, 4.69) is 41.3 Å². The maximum Gasteiger partial charge on any atom is 0.137 e. The van der Waals surface area contributed by atoms with Crippen molar-refractivity contribution in [3.63, 3.8) is 0 Å². The van der Waals surface area contributed by atoms with Crippen LogP contribution in [0.4, 0.5) is 4.39 Å². The largest absolute Gasteiger partial charge is 0.309 e. The fourth-order valence-electron chi connectivity index (χ4n) is 1.33. The third-order valence-electron chi connectivity index (χ3n) is 2.56. The van der Waals surface area contributed by atoms with E-state index in [9.17, 15) is 4.39 Å². The van der Waals surface area contributed by atoms with Gasteiger partial charge in [0.25, 0.3) is 0 Å². The van der Waals surface area contributed by atoms with Gasteiger partial charge in [-0.05, 0) is 46.8 Å². The van der Waals surface area contributed by atoms with Gasteiger partial charge in [0.1, 0.15) is 5.82 Å². The third-order valence-corrected chi connectivity index (χ3v) is 4.14. The lowest BCUT2D eigenvalue weighted by molar-refractivity contribution is 0.571. The van der Waals surface area contributed by atoms with Crippen molar-refractivity contribution >= 4 is 27.7 Å². The Morgan fingerprint density at radius 3 is 2.69 bits per heavy atom. The summed E-state index contributed by atoms with van der Waals surface area (Å²) in [6.07, 6.45) is 2.10. The van der Waals surface area contributed by atoms with Crippen molar-refractivity contribution in [2.24, 2.45) is 0 Å². The average molecular weight is 306 g/mol. The Kier molecular flexibility index (Phi) is 5.79. The van der Waals surface area contributed by atoms with E-state index in [1.54, 1.807) is 0 Å². The zero-order valence-electron chi connectivity index (χ0n) is 9.76. The molecule has 0 aromatic heterocycles. The van der Waals surface area contributed by atoms with Gasteiger partial charge in [-0.3, -0.25) is 0 Å². The predicted molar refractivity (Wildman–Crippen MR) is 73.5 cm³/mol. The number of thioether (sulfide) groups is 1. The van der Waals surface area contributed by atoms with Crippen LogP contribution in [0, 0.1) is 5.82 Å². The standard InChI is InChI=1S/C12H17BrFNS/c1-8(16-3)7-15-9(2)10-4-5-12(14)11(13)6-10/h4-6,8-9,15H,7H2,1-3H3/t8-,9-/m1/s1. The molecule has 0 bridgehead atoms. The van der Waals surface area contributed by atoms with Crippen molar-refractivity contribution in [3.8, 4) is 0 Å². The van der Waals surface area contributed by atoms with Crippen LogP contribution in [0.15, 0.2) is 22.7 Å². The topological polar surface area (TPSA) is 12.0 Å². The van der Waals surface area contributed by atoms with Crippen LogP contribution in [0.25, 0.3) is 0 Å². The van der Waals surface area contributed by atoms with E-state index in [-0.39, 0.29) is 11.9 Å².